The van der Waals surface area contributed by atoms with Crippen LogP contribution < -0.4 is 4.74 Å². The van der Waals surface area contributed by atoms with E-state index < -0.39 is 0 Å². The van der Waals surface area contributed by atoms with Crippen molar-refractivity contribution in [2.45, 2.75) is 25.2 Å². The number of aromatic amines is 2. The van der Waals surface area contributed by atoms with Crippen molar-refractivity contribution in [2.24, 2.45) is 0 Å². The highest BCUT2D eigenvalue weighted by atomic mass is 35.5. The zero-order valence-corrected chi connectivity index (χ0v) is 19.1. The van der Waals surface area contributed by atoms with Crippen LogP contribution in [0.25, 0.3) is 32.9 Å². The molecule has 1 aliphatic rings. The number of methoxy groups -OCH3 is 1. The lowest BCUT2D eigenvalue weighted by Gasteiger charge is -2.28. The van der Waals surface area contributed by atoms with Crippen molar-refractivity contribution in [3.05, 3.63) is 59.7 Å². The summed E-state index contributed by atoms with van der Waals surface area (Å²) in [6, 6.07) is 10.2. The van der Waals surface area contributed by atoms with Gasteiger partial charge in [-0.15, -0.1) is 12.4 Å². The van der Waals surface area contributed by atoms with Crippen molar-refractivity contribution in [1.29, 1.82) is 0 Å². The first kappa shape index (κ1) is 20.9. The predicted molar refractivity (Wildman–Crippen MR) is 130 cm³/mol. The number of oxazole rings is 1. The zero-order chi connectivity index (χ0) is 20.9. The molecule has 0 spiro atoms. The summed E-state index contributed by atoms with van der Waals surface area (Å²) in [4.78, 5) is 14.2. The molecule has 0 radical (unpaired) electrons. The molecule has 2 aromatic carbocycles. The van der Waals surface area contributed by atoms with Crippen LogP contribution in [0.5, 0.6) is 5.75 Å². The van der Waals surface area contributed by atoms with Gasteiger partial charge >= 0.3 is 0 Å². The molecule has 1 aliphatic heterocycles. The maximum atomic E-state index is 6.20. The van der Waals surface area contributed by atoms with Crippen LogP contribution in [0.3, 0.4) is 0 Å². The van der Waals surface area contributed by atoms with Crippen LogP contribution in [0, 0.1) is 0 Å². The Bertz CT molecular complexity index is 1390. The van der Waals surface area contributed by atoms with Gasteiger partial charge < -0.3 is 24.0 Å². The number of rotatable bonds is 4. The Labute approximate surface area is 192 Å². The number of benzene rings is 2. The number of nitrogens with zero attached hydrogens (tertiary/aromatic N) is 2. The highest BCUT2D eigenvalue weighted by molar-refractivity contribution is 6.04. The number of likely N-dealkylation sites (tertiary alicyclic amines) is 1. The molecule has 166 valence electrons. The van der Waals surface area contributed by atoms with Crippen molar-refractivity contribution < 1.29 is 9.15 Å². The largest absolute Gasteiger partial charge is 0.497 e. The number of piperidine rings is 1. The molecule has 6 nitrogen and oxygen atoms in total. The molecule has 1 fully saturated rings. The molecular formula is C25H27ClN4O2. The monoisotopic (exact) mass is 450 g/mol. The Morgan fingerprint density at radius 2 is 1.91 bits per heavy atom. The summed E-state index contributed by atoms with van der Waals surface area (Å²) in [6.07, 6.45) is 7.24. The van der Waals surface area contributed by atoms with E-state index in [-0.39, 0.29) is 12.4 Å². The van der Waals surface area contributed by atoms with Crippen LogP contribution in [-0.4, -0.2) is 47.1 Å². The molecule has 0 bridgehead atoms. The van der Waals surface area contributed by atoms with Crippen LogP contribution in [0.15, 0.2) is 47.1 Å². The lowest BCUT2D eigenvalue weighted by atomic mass is 9.89. The van der Waals surface area contributed by atoms with E-state index in [1.54, 1.807) is 7.11 Å². The first-order valence-electron chi connectivity index (χ1n) is 10.9. The summed E-state index contributed by atoms with van der Waals surface area (Å²) in [6.45, 7) is 2.28. The van der Waals surface area contributed by atoms with Crippen molar-refractivity contribution >= 4 is 45.3 Å². The lowest BCUT2D eigenvalue weighted by Crippen LogP contribution is -2.29. The van der Waals surface area contributed by atoms with E-state index in [1.165, 1.54) is 34.7 Å². The Hall–Kier alpha value is -2.96. The SMILES string of the molecule is COc1ccc2c(Cc3nc4c(ccc5[nH]cc(C6CCN(C)CC6)c54)o3)c[nH]c2c1.Cl. The second-order valence-corrected chi connectivity index (χ2v) is 8.67. The minimum Gasteiger partial charge on any atom is -0.497 e. The van der Waals surface area contributed by atoms with Crippen LogP contribution in [0.4, 0.5) is 0 Å². The third-order valence-electron chi connectivity index (χ3n) is 6.75. The van der Waals surface area contributed by atoms with E-state index >= 15 is 0 Å². The topological polar surface area (TPSA) is 70.1 Å². The maximum Gasteiger partial charge on any atom is 0.200 e. The van der Waals surface area contributed by atoms with Crippen molar-refractivity contribution in [3.8, 4) is 5.75 Å². The number of hydrogen-bond donors (Lipinski definition) is 2. The van der Waals surface area contributed by atoms with Crippen LogP contribution >= 0.6 is 12.4 Å². The van der Waals surface area contributed by atoms with Crippen LogP contribution in [0.2, 0.25) is 0 Å². The van der Waals surface area contributed by atoms with E-state index in [0.29, 0.717) is 12.3 Å². The molecule has 6 rings (SSSR count). The summed E-state index contributed by atoms with van der Waals surface area (Å²) in [5.41, 5.74) is 6.59. The van der Waals surface area contributed by atoms with Gasteiger partial charge in [0.05, 0.1) is 13.5 Å². The first-order valence-corrected chi connectivity index (χ1v) is 10.9. The zero-order valence-electron chi connectivity index (χ0n) is 18.3. The molecule has 0 amide bonds. The quantitative estimate of drug-likeness (QED) is 0.372. The number of halogens is 1. The van der Waals surface area contributed by atoms with Gasteiger partial charge in [0.1, 0.15) is 11.3 Å². The normalized spacial score (nSPS) is 15.6. The van der Waals surface area contributed by atoms with E-state index in [0.717, 1.165) is 46.9 Å². The predicted octanol–water partition coefficient (Wildman–Crippen LogP) is 5.62. The second-order valence-electron chi connectivity index (χ2n) is 8.67. The molecule has 2 N–H and O–H groups in total. The fourth-order valence-corrected chi connectivity index (χ4v) is 5.00. The fourth-order valence-electron chi connectivity index (χ4n) is 5.00. The Kier molecular flexibility index (Phi) is 5.35. The average molecular weight is 451 g/mol. The van der Waals surface area contributed by atoms with Gasteiger partial charge in [0, 0.05) is 40.3 Å². The maximum absolute atomic E-state index is 6.20. The number of ether oxygens (including phenoxy) is 1. The summed E-state index contributed by atoms with van der Waals surface area (Å²) < 4.78 is 11.5. The molecule has 5 aromatic rings. The summed E-state index contributed by atoms with van der Waals surface area (Å²) in [5, 5.41) is 2.40. The van der Waals surface area contributed by atoms with Gasteiger partial charge in [-0.3, -0.25) is 0 Å². The lowest BCUT2D eigenvalue weighted by molar-refractivity contribution is 0.256. The average Bonchev–Trinajstić information content (AvgIpc) is 3.50. The van der Waals surface area contributed by atoms with E-state index in [1.807, 2.05) is 24.4 Å². The molecule has 0 unspecified atom stereocenters. The van der Waals surface area contributed by atoms with E-state index in [2.05, 4.69) is 40.2 Å². The van der Waals surface area contributed by atoms with Gasteiger partial charge in [0.25, 0.3) is 0 Å². The van der Waals surface area contributed by atoms with Crippen molar-refractivity contribution in [1.82, 2.24) is 19.9 Å². The molecule has 3 aromatic heterocycles. The number of nitrogens with one attached hydrogen (secondary N) is 2. The molecule has 4 heterocycles. The second kappa shape index (κ2) is 8.19. The van der Waals surface area contributed by atoms with Gasteiger partial charge in [0.2, 0.25) is 0 Å². The van der Waals surface area contributed by atoms with Crippen molar-refractivity contribution in [3.63, 3.8) is 0 Å². The number of fused-ring (bicyclic) bond motifs is 4. The van der Waals surface area contributed by atoms with Gasteiger partial charge in [0.15, 0.2) is 11.5 Å². The third-order valence-corrected chi connectivity index (χ3v) is 6.75. The van der Waals surface area contributed by atoms with Crippen LogP contribution in [-0.2, 0) is 6.42 Å². The van der Waals surface area contributed by atoms with Gasteiger partial charge in [-0.1, -0.05) is 0 Å². The molecule has 1 saturated heterocycles. The smallest absolute Gasteiger partial charge is 0.200 e. The molecule has 0 atom stereocenters. The molecule has 7 heteroatoms. The fraction of sp³-hybridized carbons (Fsp3) is 0.320. The van der Waals surface area contributed by atoms with E-state index in [9.17, 15) is 0 Å². The highest BCUT2D eigenvalue weighted by Gasteiger charge is 2.23. The molecule has 0 saturated carbocycles. The molecular weight excluding hydrogens is 424 g/mol. The third kappa shape index (κ3) is 3.44. The minimum absolute atomic E-state index is 0. The Morgan fingerprint density at radius 1 is 1.09 bits per heavy atom. The van der Waals surface area contributed by atoms with Crippen molar-refractivity contribution in [2.75, 3.05) is 27.2 Å². The summed E-state index contributed by atoms with van der Waals surface area (Å²) >= 11 is 0. The summed E-state index contributed by atoms with van der Waals surface area (Å²) in [5.74, 6) is 2.16. The Morgan fingerprint density at radius 3 is 2.72 bits per heavy atom. The Balaban J connectivity index is 0.00000216. The first-order chi connectivity index (χ1) is 15.2. The number of H-pyrrole nitrogens is 2. The molecule has 32 heavy (non-hydrogen) atoms. The summed E-state index contributed by atoms with van der Waals surface area (Å²) in [7, 11) is 3.89. The van der Waals surface area contributed by atoms with E-state index in [4.69, 9.17) is 14.1 Å². The van der Waals surface area contributed by atoms with Gasteiger partial charge in [-0.05, 0) is 74.3 Å². The minimum atomic E-state index is 0. The van der Waals surface area contributed by atoms with Gasteiger partial charge in [-0.2, -0.15) is 0 Å². The number of hydrogen-bond acceptors (Lipinski definition) is 4. The standard InChI is InChI=1S/C25H26N4O2.ClH/c1-29-9-7-15(8-10-29)19-14-27-20-5-6-22-25(24(19)20)28-23(31-22)11-16-13-26-21-12-17(30-2)3-4-18(16)21;/h3-6,12-15,26-27H,7-11H2,1-2H3;1H. The highest BCUT2D eigenvalue weighted by Crippen LogP contribution is 2.37. The van der Waals surface area contributed by atoms with Crippen LogP contribution in [0.1, 0.15) is 35.8 Å². The molecule has 0 aliphatic carbocycles. The van der Waals surface area contributed by atoms with Gasteiger partial charge in [-0.25, -0.2) is 4.98 Å². The number of aromatic nitrogens is 3.